The number of aromatic amines is 1. The molecule has 2 aromatic rings. The van der Waals surface area contributed by atoms with E-state index >= 15 is 0 Å². The fraction of sp³-hybridized carbons (Fsp3) is 0.562. The van der Waals surface area contributed by atoms with Crippen molar-refractivity contribution >= 4 is 5.82 Å². The summed E-state index contributed by atoms with van der Waals surface area (Å²) in [6, 6.07) is 0.351. The van der Waals surface area contributed by atoms with Crippen LogP contribution in [0.4, 0.5) is 5.82 Å². The Bertz CT molecular complexity index is 715. The lowest BCUT2D eigenvalue weighted by Crippen LogP contribution is -2.47. The average Bonchev–Trinajstić information content (AvgIpc) is 2.87. The van der Waals surface area contributed by atoms with Crippen molar-refractivity contribution in [3.63, 3.8) is 0 Å². The fourth-order valence-corrected chi connectivity index (χ4v) is 3.12. The molecule has 23 heavy (non-hydrogen) atoms. The van der Waals surface area contributed by atoms with Crippen LogP contribution in [-0.4, -0.2) is 38.9 Å². The van der Waals surface area contributed by atoms with Crippen molar-refractivity contribution in [2.45, 2.75) is 39.3 Å². The lowest BCUT2D eigenvalue weighted by molar-refractivity contribution is 0.418. The molecule has 0 saturated carbocycles. The smallest absolute Gasteiger partial charge is 0.293 e. The van der Waals surface area contributed by atoms with Crippen molar-refractivity contribution in [1.82, 2.24) is 25.1 Å². The molecular weight excluding hydrogens is 292 g/mol. The Labute approximate surface area is 135 Å². The Morgan fingerprint density at radius 3 is 3.00 bits per heavy atom. The molecule has 1 fully saturated rings. The zero-order chi connectivity index (χ0) is 16.4. The van der Waals surface area contributed by atoms with Crippen LogP contribution >= 0.6 is 0 Å². The maximum absolute atomic E-state index is 12.2. The van der Waals surface area contributed by atoms with Crippen LogP contribution in [0.1, 0.15) is 29.8 Å². The van der Waals surface area contributed by atoms with E-state index in [1.807, 2.05) is 13.8 Å². The maximum Gasteiger partial charge on any atom is 0.293 e. The van der Waals surface area contributed by atoms with E-state index in [9.17, 15) is 4.79 Å². The molecule has 1 saturated heterocycles. The zero-order valence-corrected chi connectivity index (χ0v) is 14.0. The molecule has 0 radical (unpaired) electrons. The summed E-state index contributed by atoms with van der Waals surface area (Å²) in [7, 11) is 1.76. The highest BCUT2D eigenvalue weighted by Gasteiger charge is 2.23. The van der Waals surface area contributed by atoms with Crippen LogP contribution in [0.15, 0.2) is 17.2 Å². The highest BCUT2D eigenvalue weighted by Crippen LogP contribution is 2.16. The first kappa shape index (κ1) is 15.7. The van der Waals surface area contributed by atoms with Gasteiger partial charge in [-0.3, -0.25) is 9.89 Å². The van der Waals surface area contributed by atoms with Gasteiger partial charge in [-0.1, -0.05) is 0 Å². The van der Waals surface area contributed by atoms with Gasteiger partial charge in [-0.05, 0) is 26.7 Å². The first-order valence-electron chi connectivity index (χ1n) is 8.06. The molecule has 0 spiro atoms. The molecule has 7 heteroatoms. The van der Waals surface area contributed by atoms with Gasteiger partial charge in [0.2, 0.25) is 0 Å². The molecule has 0 bridgehead atoms. The molecule has 2 aromatic heterocycles. The minimum Gasteiger partial charge on any atom is -0.350 e. The van der Waals surface area contributed by atoms with Crippen molar-refractivity contribution in [3.05, 3.63) is 39.7 Å². The van der Waals surface area contributed by atoms with Gasteiger partial charge >= 0.3 is 0 Å². The lowest BCUT2D eigenvalue weighted by atomic mass is 10.0. The topological polar surface area (TPSA) is 78.8 Å². The summed E-state index contributed by atoms with van der Waals surface area (Å²) < 4.78 is 1.58. The lowest BCUT2D eigenvalue weighted by Gasteiger charge is -2.33. The number of anilines is 1. The van der Waals surface area contributed by atoms with E-state index in [0.29, 0.717) is 11.9 Å². The highest BCUT2D eigenvalue weighted by atomic mass is 16.1. The molecule has 0 amide bonds. The minimum absolute atomic E-state index is 0.0327. The number of aromatic nitrogens is 4. The summed E-state index contributed by atoms with van der Waals surface area (Å²) in [4.78, 5) is 18.6. The summed E-state index contributed by atoms with van der Waals surface area (Å²) in [5.74, 6) is 0.553. The summed E-state index contributed by atoms with van der Waals surface area (Å²) in [5, 5.41) is 10.9. The number of hydrogen-bond acceptors (Lipinski definition) is 5. The molecule has 124 valence electrons. The second-order valence-corrected chi connectivity index (χ2v) is 6.25. The number of nitrogens with zero attached hydrogens (tertiary/aromatic N) is 4. The third kappa shape index (κ3) is 3.29. The van der Waals surface area contributed by atoms with Gasteiger partial charge in [0.15, 0.2) is 5.82 Å². The van der Waals surface area contributed by atoms with Crippen molar-refractivity contribution < 1.29 is 0 Å². The number of rotatable bonds is 4. The standard InChI is InChI=1S/C16H24N6O/c1-11-14(12(2)20-19-11)9-18-13-5-4-7-22(10-13)15-16(23)21(3)8-6-17-15/h6,8,13,18H,4-5,7,9-10H2,1-3H3,(H,19,20)/t13-/m1/s1. The number of aryl methyl sites for hydroxylation is 3. The van der Waals surface area contributed by atoms with Crippen LogP contribution < -0.4 is 15.8 Å². The van der Waals surface area contributed by atoms with Crippen LogP contribution in [0.5, 0.6) is 0 Å². The molecule has 1 aliphatic rings. The molecule has 1 aliphatic heterocycles. The van der Waals surface area contributed by atoms with Crippen molar-refractivity contribution in [2.24, 2.45) is 7.05 Å². The predicted octanol–water partition coefficient (Wildman–Crippen LogP) is 0.879. The van der Waals surface area contributed by atoms with E-state index < -0.39 is 0 Å². The predicted molar refractivity (Wildman–Crippen MR) is 89.6 cm³/mol. The van der Waals surface area contributed by atoms with E-state index in [4.69, 9.17) is 0 Å². The molecule has 0 aliphatic carbocycles. The fourth-order valence-electron chi connectivity index (χ4n) is 3.12. The Morgan fingerprint density at radius 1 is 1.43 bits per heavy atom. The van der Waals surface area contributed by atoms with Gasteiger partial charge in [-0.15, -0.1) is 0 Å². The van der Waals surface area contributed by atoms with Crippen molar-refractivity contribution in [1.29, 1.82) is 0 Å². The maximum atomic E-state index is 12.2. The monoisotopic (exact) mass is 316 g/mol. The molecule has 1 atom stereocenters. The quantitative estimate of drug-likeness (QED) is 0.875. The molecule has 0 aromatic carbocycles. The van der Waals surface area contributed by atoms with E-state index in [1.54, 1.807) is 24.0 Å². The molecule has 7 nitrogen and oxygen atoms in total. The molecule has 0 unspecified atom stereocenters. The molecule has 2 N–H and O–H groups in total. The SMILES string of the molecule is Cc1n[nH]c(C)c1CN[C@@H]1CCCN(c2nccn(C)c2=O)C1. The minimum atomic E-state index is -0.0327. The normalized spacial score (nSPS) is 18.4. The molecular formula is C16H24N6O. The first-order chi connectivity index (χ1) is 11.1. The van der Waals surface area contributed by atoms with Gasteiger partial charge < -0.3 is 14.8 Å². The summed E-state index contributed by atoms with van der Waals surface area (Å²) >= 11 is 0. The number of piperidine rings is 1. The van der Waals surface area contributed by atoms with Gasteiger partial charge in [0.25, 0.3) is 5.56 Å². The zero-order valence-electron chi connectivity index (χ0n) is 14.0. The van der Waals surface area contributed by atoms with Gasteiger partial charge in [-0.25, -0.2) is 4.98 Å². The number of nitrogens with one attached hydrogen (secondary N) is 2. The van der Waals surface area contributed by atoms with Crippen LogP contribution in [-0.2, 0) is 13.6 Å². The molecule has 3 heterocycles. The van der Waals surface area contributed by atoms with Crippen LogP contribution in [0, 0.1) is 13.8 Å². The van der Waals surface area contributed by atoms with E-state index in [2.05, 4.69) is 25.4 Å². The Kier molecular flexibility index (Phi) is 4.47. The third-order valence-corrected chi connectivity index (χ3v) is 4.57. The Balaban J connectivity index is 1.67. The van der Waals surface area contributed by atoms with Gasteiger partial charge in [0, 0.05) is 56.4 Å². The summed E-state index contributed by atoms with van der Waals surface area (Å²) in [5.41, 5.74) is 3.35. The van der Waals surface area contributed by atoms with Crippen LogP contribution in [0.25, 0.3) is 0 Å². The van der Waals surface area contributed by atoms with Crippen LogP contribution in [0.2, 0.25) is 0 Å². The van der Waals surface area contributed by atoms with E-state index in [1.165, 1.54) is 5.56 Å². The van der Waals surface area contributed by atoms with E-state index in [0.717, 1.165) is 43.9 Å². The second-order valence-electron chi connectivity index (χ2n) is 6.25. The van der Waals surface area contributed by atoms with Gasteiger partial charge in [0.1, 0.15) is 0 Å². The van der Waals surface area contributed by atoms with Crippen molar-refractivity contribution in [2.75, 3.05) is 18.0 Å². The largest absolute Gasteiger partial charge is 0.350 e. The average molecular weight is 316 g/mol. The van der Waals surface area contributed by atoms with Gasteiger partial charge in [0.05, 0.1) is 5.69 Å². The molecule has 3 rings (SSSR count). The number of hydrogen-bond donors (Lipinski definition) is 2. The first-order valence-corrected chi connectivity index (χ1v) is 8.06. The Morgan fingerprint density at radius 2 is 2.26 bits per heavy atom. The number of H-pyrrole nitrogens is 1. The van der Waals surface area contributed by atoms with Crippen molar-refractivity contribution in [3.8, 4) is 0 Å². The van der Waals surface area contributed by atoms with Crippen LogP contribution in [0.3, 0.4) is 0 Å². The highest BCUT2D eigenvalue weighted by molar-refractivity contribution is 5.36. The second kappa shape index (κ2) is 6.54. The van der Waals surface area contributed by atoms with E-state index in [-0.39, 0.29) is 5.56 Å². The Hall–Kier alpha value is -2.15. The summed E-state index contributed by atoms with van der Waals surface area (Å²) in [6.45, 7) is 6.55. The third-order valence-electron chi connectivity index (χ3n) is 4.57. The van der Waals surface area contributed by atoms with Gasteiger partial charge in [-0.2, -0.15) is 5.10 Å². The summed E-state index contributed by atoms with van der Waals surface area (Å²) in [6.07, 6.45) is 5.54.